The van der Waals surface area contributed by atoms with E-state index < -0.39 is 6.10 Å². The van der Waals surface area contributed by atoms with Crippen LogP contribution in [0.5, 0.6) is 5.75 Å². The molecule has 1 unspecified atom stereocenters. The molecule has 3 heteroatoms. The zero-order valence-electron chi connectivity index (χ0n) is 10.9. The van der Waals surface area contributed by atoms with Gasteiger partial charge in [0.25, 0.3) is 0 Å². The largest absolute Gasteiger partial charge is 0.482 e. The average molecular weight is 319 g/mol. The van der Waals surface area contributed by atoms with E-state index in [-0.39, 0.29) is 5.78 Å². The summed E-state index contributed by atoms with van der Waals surface area (Å²) < 4.78 is 6.75. The number of hydrogen-bond donors (Lipinski definition) is 0. The van der Waals surface area contributed by atoms with Crippen molar-refractivity contribution in [3.8, 4) is 5.75 Å². The molecular weight excluding hydrogens is 304 g/mol. The summed E-state index contributed by atoms with van der Waals surface area (Å²) in [5.41, 5.74) is 1.67. The minimum Gasteiger partial charge on any atom is -0.482 e. The van der Waals surface area contributed by atoms with Gasteiger partial charge in [-0.2, -0.15) is 0 Å². The van der Waals surface area contributed by atoms with Crippen molar-refractivity contribution in [2.75, 3.05) is 0 Å². The summed E-state index contributed by atoms with van der Waals surface area (Å²) in [7, 11) is 0. The molecule has 0 spiro atoms. The lowest BCUT2D eigenvalue weighted by molar-refractivity contribution is 0.0817. The van der Waals surface area contributed by atoms with Gasteiger partial charge in [0.05, 0.1) is 0 Å². The molecule has 19 heavy (non-hydrogen) atoms. The number of aryl methyl sites for hydroxylation is 1. The van der Waals surface area contributed by atoms with Crippen LogP contribution in [0.25, 0.3) is 0 Å². The van der Waals surface area contributed by atoms with Crippen molar-refractivity contribution in [1.29, 1.82) is 0 Å². The van der Waals surface area contributed by atoms with Gasteiger partial charge < -0.3 is 4.74 Å². The second kappa shape index (κ2) is 6.02. The fourth-order valence-corrected chi connectivity index (χ4v) is 2.30. The third kappa shape index (κ3) is 3.44. The molecule has 2 rings (SSSR count). The Morgan fingerprint density at radius 1 is 1.16 bits per heavy atom. The van der Waals surface area contributed by atoms with Crippen LogP contribution in [0.3, 0.4) is 0 Å². The van der Waals surface area contributed by atoms with Gasteiger partial charge in [-0.05, 0) is 37.6 Å². The molecule has 0 saturated carbocycles. The molecule has 0 heterocycles. The van der Waals surface area contributed by atoms with E-state index in [1.54, 1.807) is 19.1 Å². The van der Waals surface area contributed by atoms with Gasteiger partial charge in [0.1, 0.15) is 5.75 Å². The van der Waals surface area contributed by atoms with Crippen LogP contribution in [0.4, 0.5) is 0 Å². The summed E-state index contributed by atoms with van der Waals surface area (Å²) in [6, 6.07) is 14.9. The van der Waals surface area contributed by atoms with Gasteiger partial charge >= 0.3 is 0 Å². The molecule has 0 saturated heterocycles. The summed E-state index contributed by atoms with van der Waals surface area (Å²) >= 11 is 3.41. The van der Waals surface area contributed by atoms with E-state index in [0.717, 1.165) is 15.8 Å². The van der Waals surface area contributed by atoms with E-state index in [1.165, 1.54) is 0 Å². The lowest BCUT2D eigenvalue weighted by Gasteiger charge is -2.15. The normalized spacial score (nSPS) is 11.9. The van der Waals surface area contributed by atoms with Gasteiger partial charge in [0.2, 0.25) is 5.78 Å². The molecule has 0 bridgehead atoms. The van der Waals surface area contributed by atoms with Gasteiger partial charge in [0.15, 0.2) is 6.10 Å². The highest BCUT2D eigenvalue weighted by Crippen LogP contribution is 2.23. The van der Waals surface area contributed by atoms with Gasteiger partial charge in [0, 0.05) is 10.0 Å². The summed E-state index contributed by atoms with van der Waals surface area (Å²) in [5, 5.41) is 0. The molecule has 0 aliphatic heterocycles. The monoisotopic (exact) mass is 318 g/mol. The van der Waals surface area contributed by atoms with Crippen LogP contribution in [0.15, 0.2) is 53.0 Å². The first-order chi connectivity index (χ1) is 9.08. The third-order valence-corrected chi connectivity index (χ3v) is 3.36. The van der Waals surface area contributed by atoms with Crippen molar-refractivity contribution < 1.29 is 9.53 Å². The first kappa shape index (κ1) is 13.8. The number of rotatable bonds is 4. The average Bonchev–Trinajstić information content (AvgIpc) is 2.42. The van der Waals surface area contributed by atoms with Gasteiger partial charge in [-0.25, -0.2) is 0 Å². The SMILES string of the molecule is Cc1cc(Br)ccc1OC(C)C(=O)c1ccccc1. The van der Waals surface area contributed by atoms with Crippen molar-refractivity contribution in [3.05, 3.63) is 64.1 Å². The van der Waals surface area contributed by atoms with Crippen molar-refractivity contribution in [2.45, 2.75) is 20.0 Å². The maximum Gasteiger partial charge on any atom is 0.202 e. The highest BCUT2D eigenvalue weighted by Gasteiger charge is 2.17. The number of hydrogen-bond acceptors (Lipinski definition) is 2. The molecule has 0 N–H and O–H groups in total. The van der Waals surface area contributed by atoms with Crippen LogP contribution >= 0.6 is 15.9 Å². The fourth-order valence-electron chi connectivity index (χ4n) is 1.83. The molecule has 0 fully saturated rings. The van der Waals surface area contributed by atoms with Crippen molar-refractivity contribution >= 4 is 21.7 Å². The molecule has 0 aliphatic rings. The van der Waals surface area contributed by atoms with Crippen LogP contribution in [0, 0.1) is 6.92 Å². The Balaban J connectivity index is 2.13. The Morgan fingerprint density at radius 2 is 1.84 bits per heavy atom. The maximum absolute atomic E-state index is 12.2. The Hall–Kier alpha value is -1.61. The number of halogens is 1. The molecular formula is C16H15BrO2. The zero-order chi connectivity index (χ0) is 13.8. The van der Waals surface area contributed by atoms with Crippen molar-refractivity contribution in [1.82, 2.24) is 0 Å². The van der Waals surface area contributed by atoms with Crippen LogP contribution < -0.4 is 4.74 Å². The molecule has 0 amide bonds. The molecule has 2 aromatic rings. The summed E-state index contributed by atoms with van der Waals surface area (Å²) in [6.45, 7) is 3.73. The quantitative estimate of drug-likeness (QED) is 0.781. The standard InChI is InChI=1S/C16H15BrO2/c1-11-10-14(17)8-9-15(11)19-12(2)16(18)13-6-4-3-5-7-13/h3-10,12H,1-2H3. The number of ketones is 1. The first-order valence-corrected chi connectivity index (χ1v) is 6.89. The number of ether oxygens (including phenoxy) is 1. The first-order valence-electron chi connectivity index (χ1n) is 6.10. The molecule has 0 aromatic heterocycles. The predicted molar refractivity (Wildman–Crippen MR) is 79.7 cm³/mol. The molecule has 1 atom stereocenters. The van der Waals surface area contributed by atoms with E-state index in [1.807, 2.05) is 43.3 Å². The fraction of sp³-hybridized carbons (Fsp3) is 0.188. The number of benzene rings is 2. The van der Waals surface area contributed by atoms with Crippen LogP contribution in [0.1, 0.15) is 22.8 Å². The minimum absolute atomic E-state index is 0.0112. The van der Waals surface area contributed by atoms with E-state index in [4.69, 9.17) is 4.74 Å². The second-order valence-electron chi connectivity index (χ2n) is 4.40. The molecule has 2 aromatic carbocycles. The lowest BCUT2D eigenvalue weighted by Crippen LogP contribution is -2.24. The minimum atomic E-state index is -0.498. The highest BCUT2D eigenvalue weighted by molar-refractivity contribution is 9.10. The third-order valence-electron chi connectivity index (χ3n) is 2.87. The Labute approximate surface area is 121 Å². The van der Waals surface area contributed by atoms with Crippen molar-refractivity contribution in [2.24, 2.45) is 0 Å². The Kier molecular flexibility index (Phi) is 4.38. The van der Waals surface area contributed by atoms with Crippen LogP contribution in [0.2, 0.25) is 0 Å². The zero-order valence-corrected chi connectivity index (χ0v) is 12.5. The number of Topliss-reactive ketones (excluding diaryl/α,β-unsaturated/α-hetero) is 1. The molecule has 0 radical (unpaired) electrons. The van der Waals surface area contributed by atoms with E-state index >= 15 is 0 Å². The van der Waals surface area contributed by atoms with Gasteiger partial charge in [-0.1, -0.05) is 46.3 Å². The van der Waals surface area contributed by atoms with Crippen molar-refractivity contribution in [3.63, 3.8) is 0 Å². The second-order valence-corrected chi connectivity index (χ2v) is 5.32. The lowest BCUT2D eigenvalue weighted by atomic mass is 10.1. The Bertz CT molecular complexity index is 579. The topological polar surface area (TPSA) is 26.3 Å². The maximum atomic E-state index is 12.2. The molecule has 2 nitrogen and oxygen atoms in total. The van der Waals surface area contributed by atoms with Gasteiger partial charge in [-0.3, -0.25) is 4.79 Å². The smallest absolute Gasteiger partial charge is 0.202 e. The van der Waals surface area contributed by atoms with Crippen LogP contribution in [-0.2, 0) is 0 Å². The summed E-state index contributed by atoms with van der Waals surface area (Å²) in [5.74, 6) is 0.725. The summed E-state index contributed by atoms with van der Waals surface area (Å²) in [6.07, 6.45) is -0.498. The van der Waals surface area contributed by atoms with E-state index in [0.29, 0.717) is 5.56 Å². The molecule has 98 valence electrons. The predicted octanol–water partition coefficient (Wildman–Crippen LogP) is 4.41. The summed E-state index contributed by atoms with van der Waals surface area (Å²) in [4.78, 5) is 12.2. The number of carbonyl (C=O) groups excluding carboxylic acids is 1. The van der Waals surface area contributed by atoms with E-state index in [2.05, 4.69) is 15.9 Å². The number of carbonyl (C=O) groups is 1. The van der Waals surface area contributed by atoms with Gasteiger partial charge in [-0.15, -0.1) is 0 Å². The van der Waals surface area contributed by atoms with Crippen LogP contribution in [-0.4, -0.2) is 11.9 Å². The highest BCUT2D eigenvalue weighted by atomic mass is 79.9. The Morgan fingerprint density at radius 3 is 2.47 bits per heavy atom. The molecule has 0 aliphatic carbocycles. The van der Waals surface area contributed by atoms with E-state index in [9.17, 15) is 4.79 Å².